The third kappa shape index (κ3) is 6.86. The molecule has 2 aromatic rings. The molecule has 0 bridgehead atoms. The van der Waals surface area contributed by atoms with E-state index in [9.17, 15) is 5.11 Å². The number of aliphatic imine (C=N–C) groups is 2. The van der Waals surface area contributed by atoms with E-state index >= 15 is 0 Å². The number of allylic oxidation sites excluding steroid dienone is 2. The van der Waals surface area contributed by atoms with E-state index in [2.05, 4.69) is 61.1 Å². The van der Waals surface area contributed by atoms with Crippen molar-refractivity contribution in [3.8, 4) is 5.75 Å². The third-order valence-electron chi connectivity index (χ3n) is 8.19. The van der Waals surface area contributed by atoms with Crippen molar-refractivity contribution < 1.29 is 9.84 Å². The predicted octanol–water partition coefficient (Wildman–Crippen LogP) is 4.81. The minimum Gasteiger partial charge on any atom is -0.492 e. The van der Waals surface area contributed by atoms with E-state index in [4.69, 9.17) is 19.8 Å². The highest BCUT2D eigenvalue weighted by molar-refractivity contribution is 6.05. The maximum Gasteiger partial charge on any atom is 0.155 e. The number of likely N-dealkylation sites (tertiary alicyclic amines) is 2. The molecule has 3 aliphatic heterocycles. The summed E-state index contributed by atoms with van der Waals surface area (Å²) in [6, 6.07) is 4.23. The van der Waals surface area contributed by atoms with Gasteiger partial charge in [0.05, 0.1) is 17.5 Å². The van der Waals surface area contributed by atoms with Gasteiger partial charge in [-0.25, -0.2) is 14.7 Å². The fourth-order valence-electron chi connectivity index (χ4n) is 5.88. The molecule has 8 nitrogen and oxygen atoms in total. The van der Waals surface area contributed by atoms with E-state index in [0.717, 1.165) is 92.0 Å². The van der Waals surface area contributed by atoms with Gasteiger partial charge in [-0.2, -0.15) is 5.10 Å². The number of nitrogens with zero attached hydrogens (tertiary/aromatic N) is 6. The highest BCUT2D eigenvalue weighted by atomic mass is 16.5. The van der Waals surface area contributed by atoms with Gasteiger partial charge in [0.25, 0.3) is 0 Å². The Morgan fingerprint density at radius 2 is 1.85 bits per heavy atom. The van der Waals surface area contributed by atoms with E-state index in [1.165, 1.54) is 31.5 Å². The largest absolute Gasteiger partial charge is 0.492 e. The average Bonchev–Trinajstić information content (AvgIpc) is 3.62. The van der Waals surface area contributed by atoms with E-state index in [-0.39, 0.29) is 12.0 Å². The number of aromatic nitrogens is 2. The fraction of sp³-hybridized carbons (Fsp3) is 0.581. The fourth-order valence-corrected chi connectivity index (χ4v) is 5.88. The van der Waals surface area contributed by atoms with Gasteiger partial charge in [-0.05, 0) is 95.3 Å². The summed E-state index contributed by atoms with van der Waals surface area (Å²) < 4.78 is 8.11. The summed E-state index contributed by atoms with van der Waals surface area (Å²) in [5.41, 5.74) is 5.30. The van der Waals surface area contributed by atoms with Crippen molar-refractivity contribution >= 4 is 17.4 Å². The van der Waals surface area contributed by atoms with Crippen LogP contribution in [-0.4, -0.2) is 81.8 Å². The summed E-state index contributed by atoms with van der Waals surface area (Å²) in [6.07, 6.45) is 11.4. The molecule has 8 heteroatoms. The predicted molar refractivity (Wildman–Crippen MR) is 157 cm³/mol. The van der Waals surface area contributed by atoms with E-state index < -0.39 is 0 Å². The monoisotopic (exact) mass is 532 g/mol. The van der Waals surface area contributed by atoms with Crippen molar-refractivity contribution in [1.82, 2.24) is 19.6 Å². The number of aliphatic hydroxyl groups excluding tert-OH is 1. The molecule has 3 aliphatic rings. The molecule has 1 N–H and O–H groups in total. The van der Waals surface area contributed by atoms with Crippen molar-refractivity contribution in [3.63, 3.8) is 0 Å². The summed E-state index contributed by atoms with van der Waals surface area (Å²) in [5.74, 6) is 2.85. The number of ether oxygens (including phenoxy) is 1. The number of hydrogen-bond acceptors (Lipinski definition) is 6. The standard InChI is InChI=1S/C31H44N6O2/c1-5-25-9-8-10-29(37-20-26(24(4)34-37)19-36-14-11-28(38)21-36)33-31(25)32-27-17-22(2)30(23(3)18-27)39-16-15-35-12-6-7-13-35/h8,10,17-18,20,25,28,38H,5-7,9,11-16,19,21H2,1-4H3. The minimum atomic E-state index is -0.220. The smallest absolute Gasteiger partial charge is 0.155 e. The summed E-state index contributed by atoms with van der Waals surface area (Å²) in [5, 5.41) is 14.7. The van der Waals surface area contributed by atoms with E-state index in [1.54, 1.807) is 0 Å². The van der Waals surface area contributed by atoms with Crippen LogP contribution in [0.2, 0.25) is 0 Å². The topological polar surface area (TPSA) is 78.5 Å². The zero-order valence-electron chi connectivity index (χ0n) is 24.1. The second-order valence-corrected chi connectivity index (χ2v) is 11.4. The Morgan fingerprint density at radius 3 is 2.54 bits per heavy atom. The van der Waals surface area contributed by atoms with E-state index in [0.29, 0.717) is 0 Å². The van der Waals surface area contributed by atoms with Crippen LogP contribution in [0.15, 0.2) is 40.5 Å². The number of amidine groups is 1. The maximum atomic E-state index is 9.90. The summed E-state index contributed by atoms with van der Waals surface area (Å²) in [6.45, 7) is 15.0. The molecule has 0 radical (unpaired) electrons. The lowest BCUT2D eigenvalue weighted by molar-refractivity contribution is 0.174. The first-order valence-corrected chi connectivity index (χ1v) is 14.7. The Balaban J connectivity index is 1.35. The molecule has 0 spiro atoms. The SMILES string of the molecule is CCC1CC=CC(n2cc(CN3CCC(O)C3)c(C)n2)=NC1=Nc1cc(C)c(OCCN2CCCC2)c(C)c1. The second kappa shape index (κ2) is 12.6. The van der Waals surface area contributed by atoms with Crippen LogP contribution in [0.3, 0.4) is 0 Å². The van der Waals surface area contributed by atoms with Crippen LogP contribution < -0.4 is 4.74 Å². The van der Waals surface area contributed by atoms with Gasteiger partial charge >= 0.3 is 0 Å². The lowest BCUT2D eigenvalue weighted by atomic mass is 10.0. The Bertz CT molecular complexity index is 1220. The number of benzene rings is 1. The normalized spacial score (nSPS) is 23.5. The molecular weight excluding hydrogens is 488 g/mol. The van der Waals surface area contributed by atoms with Crippen molar-refractivity contribution in [2.45, 2.75) is 72.4 Å². The van der Waals surface area contributed by atoms with Gasteiger partial charge in [0.15, 0.2) is 5.84 Å². The van der Waals surface area contributed by atoms with Crippen LogP contribution in [0.4, 0.5) is 5.69 Å². The van der Waals surface area contributed by atoms with Crippen LogP contribution in [0, 0.1) is 26.7 Å². The second-order valence-electron chi connectivity index (χ2n) is 11.4. The molecule has 0 aliphatic carbocycles. The van der Waals surface area contributed by atoms with Crippen LogP contribution in [0.1, 0.15) is 61.4 Å². The first-order valence-electron chi connectivity index (χ1n) is 14.7. The summed E-state index contributed by atoms with van der Waals surface area (Å²) in [4.78, 5) is 14.9. The average molecular weight is 533 g/mol. The van der Waals surface area contributed by atoms with Crippen LogP contribution in [-0.2, 0) is 6.54 Å². The van der Waals surface area contributed by atoms with Crippen LogP contribution >= 0.6 is 0 Å². The number of rotatable bonds is 8. The van der Waals surface area contributed by atoms with Crippen LogP contribution in [0.5, 0.6) is 5.75 Å². The van der Waals surface area contributed by atoms with Crippen molar-refractivity contribution in [3.05, 3.63) is 52.9 Å². The highest BCUT2D eigenvalue weighted by Gasteiger charge is 2.23. The zero-order chi connectivity index (χ0) is 27.4. The van der Waals surface area contributed by atoms with E-state index in [1.807, 2.05) is 11.6 Å². The molecule has 2 fully saturated rings. The minimum absolute atomic E-state index is 0.220. The number of aliphatic hydroxyl groups is 1. The van der Waals surface area contributed by atoms with Crippen molar-refractivity contribution in [2.24, 2.45) is 15.9 Å². The first kappa shape index (κ1) is 27.7. The lowest BCUT2D eigenvalue weighted by Gasteiger charge is -2.18. The van der Waals surface area contributed by atoms with Crippen LogP contribution in [0.25, 0.3) is 0 Å². The summed E-state index contributed by atoms with van der Waals surface area (Å²) >= 11 is 0. The molecule has 5 rings (SSSR count). The number of aryl methyl sites for hydroxylation is 3. The molecule has 2 unspecified atom stereocenters. The van der Waals surface area contributed by atoms with Gasteiger partial charge in [-0.3, -0.25) is 9.80 Å². The Hall–Kier alpha value is -2.81. The van der Waals surface area contributed by atoms with Gasteiger partial charge in [-0.15, -0.1) is 0 Å². The molecule has 1 aromatic heterocycles. The Kier molecular flexibility index (Phi) is 8.95. The first-order chi connectivity index (χ1) is 18.9. The van der Waals surface area contributed by atoms with Gasteiger partial charge < -0.3 is 9.84 Å². The van der Waals surface area contributed by atoms with Crippen molar-refractivity contribution in [1.29, 1.82) is 0 Å². The molecule has 0 amide bonds. The zero-order valence-corrected chi connectivity index (χ0v) is 24.1. The number of hydrogen-bond donors (Lipinski definition) is 1. The number of β-amino-alcohol motifs (C(OH)–C–C–N with tert-alkyl or cyclic N) is 1. The molecular formula is C31H44N6O2. The molecule has 2 atom stereocenters. The lowest BCUT2D eigenvalue weighted by Crippen LogP contribution is -2.25. The third-order valence-corrected chi connectivity index (χ3v) is 8.19. The maximum absolute atomic E-state index is 9.90. The quantitative estimate of drug-likeness (QED) is 0.528. The highest BCUT2D eigenvalue weighted by Crippen LogP contribution is 2.30. The van der Waals surface area contributed by atoms with Crippen molar-refractivity contribution in [2.75, 3.05) is 39.3 Å². The molecule has 1 aromatic carbocycles. The molecule has 0 saturated carbocycles. The Morgan fingerprint density at radius 1 is 1.08 bits per heavy atom. The summed E-state index contributed by atoms with van der Waals surface area (Å²) in [7, 11) is 0. The van der Waals surface area contributed by atoms with Gasteiger partial charge in [0, 0.05) is 43.9 Å². The molecule has 4 heterocycles. The van der Waals surface area contributed by atoms with Gasteiger partial charge in [0.1, 0.15) is 18.2 Å². The molecule has 210 valence electrons. The Labute approximate surface area is 233 Å². The van der Waals surface area contributed by atoms with Gasteiger partial charge in [-0.1, -0.05) is 13.0 Å². The van der Waals surface area contributed by atoms with Gasteiger partial charge in [0.2, 0.25) is 0 Å². The molecule has 2 saturated heterocycles. The molecule has 39 heavy (non-hydrogen) atoms.